The van der Waals surface area contributed by atoms with Crippen LogP contribution in [0.1, 0.15) is 63.8 Å². The van der Waals surface area contributed by atoms with Gasteiger partial charge < -0.3 is 4.57 Å². The van der Waals surface area contributed by atoms with Gasteiger partial charge in [-0.2, -0.15) is 0 Å². The Kier molecular flexibility index (Phi) is 5.80. The normalized spacial score (nSPS) is 12.7. The third kappa shape index (κ3) is 3.93. The highest BCUT2D eigenvalue weighted by Gasteiger charge is 2.15. The van der Waals surface area contributed by atoms with Crippen molar-refractivity contribution < 1.29 is 4.79 Å². The van der Waals surface area contributed by atoms with Crippen molar-refractivity contribution in [2.24, 2.45) is 0 Å². The van der Waals surface area contributed by atoms with Gasteiger partial charge in [-0.3, -0.25) is 9.59 Å². The van der Waals surface area contributed by atoms with Gasteiger partial charge in [0.05, 0.1) is 0 Å². The van der Waals surface area contributed by atoms with Gasteiger partial charge >= 0.3 is 0 Å². The lowest BCUT2D eigenvalue weighted by molar-refractivity contribution is -0.111. The second-order valence-electron chi connectivity index (χ2n) is 5.23. The lowest BCUT2D eigenvalue weighted by Gasteiger charge is -2.21. The quantitative estimate of drug-likeness (QED) is 0.748. The molecule has 1 aromatic rings. The van der Waals surface area contributed by atoms with E-state index in [1.165, 1.54) is 0 Å². The molecule has 0 saturated heterocycles. The summed E-state index contributed by atoms with van der Waals surface area (Å²) in [4.78, 5) is 23.4. The third-order valence-electron chi connectivity index (χ3n) is 3.44. The van der Waals surface area contributed by atoms with E-state index in [2.05, 4.69) is 20.8 Å². The third-order valence-corrected chi connectivity index (χ3v) is 3.63. The van der Waals surface area contributed by atoms with Crippen LogP contribution in [0.4, 0.5) is 0 Å². The summed E-state index contributed by atoms with van der Waals surface area (Å²) < 4.78 is 1.86. The molecule has 3 nitrogen and oxygen atoms in total. The number of carbonyl (C=O) groups excluding carboxylic acids is 1. The van der Waals surface area contributed by atoms with Crippen molar-refractivity contribution in [2.75, 3.05) is 0 Å². The Morgan fingerprint density at radius 3 is 2.42 bits per heavy atom. The Morgan fingerprint density at radius 2 is 1.95 bits per heavy atom. The van der Waals surface area contributed by atoms with E-state index in [9.17, 15) is 9.59 Å². The second-order valence-corrected chi connectivity index (χ2v) is 5.65. The SMILES string of the molecule is CCC(C)n1c(C(C)C)ccc(CCC(=O)Cl)c1=O. The summed E-state index contributed by atoms with van der Waals surface area (Å²) in [5.74, 6) is 0.297. The molecule has 106 valence electrons. The zero-order valence-electron chi connectivity index (χ0n) is 12.1. The average molecular weight is 284 g/mol. The van der Waals surface area contributed by atoms with Crippen molar-refractivity contribution in [1.29, 1.82) is 0 Å². The summed E-state index contributed by atoms with van der Waals surface area (Å²) in [7, 11) is 0. The van der Waals surface area contributed by atoms with Crippen LogP contribution in [0.15, 0.2) is 16.9 Å². The number of carbonyl (C=O) groups is 1. The molecular formula is C15H22ClNO2. The molecule has 4 heteroatoms. The maximum atomic E-state index is 12.5. The van der Waals surface area contributed by atoms with Crippen molar-refractivity contribution >= 4 is 16.8 Å². The summed E-state index contributed by atoms with van der Waals surface area (Å²) in [6, 6.07) is 3.99. The van der Waals surface area contributed by atoms with Crippen molar-refractivity contribution in [2.45, 2.75) is 58.9 Å². The molecular weight excluding hydrogens is 262 g/mol. The van der Waals surface area contributed by atoms with Crippen LogP contribution in [0, 0.1) is 0 Å². The average Bonchev–Trinajstić information content (AvgIpc) is 2.35. The first-order chi connectivity index (χ1) is 8.88. The standard InChI is InChI=1S/C15H22ClNO2/c1-5-11(4)17-13(10(2)3)8-6-12(15(17)19)7-9-14(16)18/h6,8,10-11H,5,7,9H2,1-4H3. The molecule has 0 saturated carbocycles. The van der Waals surface area contributed by atoms with Gasteiger partial charge in [0.2, 0.25) is 5.24 Å². The van der Waals surface area contributed by atoms with Crippen LogP contribution in [-0.2, 0) is 11.2 Å². The van der Waals surface area contributed by atoms with Crippen LogP contribution in [0.5, 0.6) is 0 Å². The first-order valence-electron chi connectivity index (χ1n) is 6.81. The maximum absolute atomic E-state index is 12.5. The van der Waals surface area contributed by atoms with E-state index in [0.29, 0.717) is 17.9 Å². The van der Waals surface area contributed by atoms with E-state index >= 15 is 0 Å². The van der Waals surface area contributed by atoms with Gasteiger partial charge in [-0.15, -0.1) is 0 Å². The van der Waals surface area contributed by atoms with Crippen molar-refractivity contribution in [3.63, 3.8) is 0 Å². The molecule has 1 aromatic heterocycles. The van der Waals surface area contributed by atoms with Gasteiger partial charge in [0, 0.05) is 23.7 Å². The summed E-state index contributed by atoms with van der Waals surface area (Å²) in [5.41, 5.74) is 1.72. The number of halogens is 1. The molecule has 1 heterocycles. The minimum Gasteiger partial charge on any atom is -0.309 e. The van der Waals surface area contributed by atoms with Gasteiger partial charge in [-0.25, -0.2) is 0 Å². The Balaban J connectivity index is 3.25. The topological polar surface area (TPSA) is 39.1 Å². The smallest absolute Gasteiger partial charge is 0.254 e. The molecule has 19 heavy (non-hydrogen) atoms. The number of nitrogens with zero attached hydrogens (tertiary/aromatic N) is 1. The first kappa shape index (κ1) is 16.0. The minimum absolute atomic E-state index is 0.0125. The molecule has 0 aliphatic rings. The van der Waals surface area contributed by atoms with Gasteiger partial charge in [0.25, 0.3) is 5.56 Å². The lowest BCUT2D eigenvalue weighted by Crippen LogP contribution is -2.29. The first-order valence-corrected chi connectivity index (χ1v) is 7.18. The maximum Gasteiger partial charge on any atom is 0.254 e. The molecule has 1 atom stereocenters. The highest BCUT2D eigenvalue weighted by atomic mass is 35.5. The van der Waals surface area contributed by atoms with Crippen molar-refractivity contribution in [3.05, 3.63) is 33.7 Å². The number of hydrogen-bond acceptors (Lipinski definition) is 2. The fourth-order valence-electron chi connectivity index (χ4n) is 2.14. The van der Waals surface area contributed by atoms with E-state index in [1.807, 2.05) is 23.6 Å². The van der Waals surface area contributed by atoms with E-state index in [-0.39, 0.29) is 18.0 Å². The van der Waals surface area contributed by atoms with Gasteiger partial charge in [0.15, 0.2) is 0 Å². The molecule has 0 aliphatic heterocycles. The molecule has 0 amide bonds. The van der Waals surface area contributed by atoms with Gasteiger partial charge in [-0.05, 0) is 43.4 Å². The molecule has 0 N–H and O–H groups in total. The Hall–Kier alpha value is -1.09. The van der Waals surface area contributed by atoms with Crippen LogP contribution < -0.4 is 5.56 Å². The number of pyridine rings is 1. The van der Waals surface area contributed by atoms with Crippen molar-refractivity contribution in [3.8, 4) is 0 Å². The zero-order chi connectivity index (χ0) is 14.6. The number of aromatic nitrogens is 1. The fourth-order valence-corrected chi connectivity index (χ4v) is 2.24. The van der Waals surface area contributed by atoms with Crippen molar-refractivity contribution in [1.82, 2.24) is 4.57 Å². The predicted molar refractivity (Wildman–Crippen MR) is 79.0 cm³/mol. The number of hydrogen-bond donors (Lipinski definition) is 0. The molecule has 0 radical (unpaired) electrons. The summed E-state index contributed by atoms with van der Waals surface area (Å²) >= 11 is 5.34. The van der Waals surface area contributed by atoms with E-state index < -0.39 is 5.24 Å². The highest BCUT2D eigenvalue weighted by Crippen LogP contribution is 2.19. The molecule has 0 fully saturated rings. The van der Waals surface area contributed by atoms with Crippen LogP contribution in [0.3, 0.4) is 0 Å². The van der Waals surface area contributed by atoms with E-state index in [0.717, 1.165) is 12.1 Å². The van der Waals surface area contributed by atoms with E-state index in [1.54, 1.807) is 0 Å². The van der Waals surface area contributed by atoms with Crippen LogP contribution in [0.2, 0.25) is 0 Å². The number of aryl methyl sites for hydroxylation is 1. The molecule has 0 spiro atoms. The summed E-state index contributed by atoms with van der Waals surface area (Å²) in [6.45, 7) is 8.27. The number of rotatable bonds is 6. The Bertz CT molecular complexity index is 505. The van der Waals surface area contributed by atoms with Crippen LogP contribution >= 0.6 is 11.6 Å². The Labute approximate surface area is 119 Å². The molecule has 0 aromatic carbocycles. The minimum atomic E-state index is -0.401. The molecule has 1 rings (SSSR count). The van der Waals surface area contributed by atoms with E-state index in [4.69, 9.17) is 11.6 Å². The van der Waals surface area contributed by atoms with Gasteiger partial charge in [0.1, 0.15) is 0 Å². The zero-order valence-corrected chi connectivity index (χ0v) is 12.8. The molecule has 1 unspecified atom stereocenters. The summed E-state index contributed by atoms with van der Waals surface area (Å²) in [5, 5.41) is -0.401. The van der Waals surface area contributed by atoms with Gasteiger partial charge in [-0.1, -0.05) is 26.8 Å². The van der Waals surface area contributed by atoms with Crippen LogP contribution in [0.25, 0.3) is 0 Å². The monoisotopic (exact) mass is 283 g/mol. The lowest BCUT2D eigenvalue weighted by atomic mass is 10.0. The molecule has 0 bridgehead atoms. The summed E-state index contributed by atoms with van der Waals surface area (Å²) in [6.07, 6.45) is 1.52. The highest BCUT2D eigenvalue weighted by molar-refractivity contribution is 6.63. The Morgan fingerprint density at radius 1 is 1.32 bits per heavy atom. The van der Waals surface area contributed by atoms with Crippen LogP contribution in [-0.4, -0.2) is 9.81 Å². The largest absolute Gasteiger partial charge is 0.309 e. The fraction of sp³-hybridized carbons (Fsp3) is 0.600. The predicted octanol–water partition coefficient (Wildman–Crippen LogP) is 3.64. The molecule has 0 aliphatic carbocycles. The second kappa shape index (κ2) is 6.90.